The third-order valence-electron chi connectivity index (χ3n) is 6.36. The Kier molecular flexibility index (Phi) is 34.1. The first-order valence-electron chi connectivity index (χ1n) is 16.4. The fourth-order valence-electron chi connectivity index (χ4n) is 3.52. The van der Waals surface area contributed by atoms with E-state index >= 15 is 0 Å². The van der Waals surface area contributed by atoms with Crippen LogP contribution in [-0.2, 0) is 51.0 Å². The van der Waals surface area contributed by atoms with E-state index in [0.29, 0.717) is 55.8 Å². The molecule has 4 rings (SSSR count). The first-order valence-corrected chi connectivity index (χ1v) is 18.1. The Morgan fingerprint density at radius 3 is 1.39 bits per heavy atom. The predicted molar refractivity (Wildman–Crippen MR) is 204 cm³/mol. The minimum atomic E-state index is -1.19. The van der Waals surface area contributed by atoms with Crippen LogP contribution in [0, 0.1) is 0 Å². The molecular weight excluding hydrogens is 793 g/mol. The van der Waals surface area contributed by atoms with Crippen molar-refractivity contribution in [2.75, 3.05) is 39.6 Å². The quantitative estimate of drug-likeness (QED) is 0.0603. The molecule has 0 saturated heterocycles. The topological polar surface area (TPSA) is 219 Å². The van der Waals surface area contributed by atoms with E-state index in [1.807, 2.05) is 10.8 Å². The maximum atomic E-state index is 11.8. The van der Waals surface area contributed by atoms with Crippen LogP contribution >= 0.6 is 22.7 Å². The molecule has 2 aliphatic rings. The summed E-state index contributed by atoms with van der Waals surface area (Å²) in [5, 5.41) is 34.5. The van der Waals surface area contributed by atoms with E-state index < -0.39 is 48.7 Å². The van der Waals surface area contributed by atoms with Crippen molar-refractivity contribution in [3.05, 3.63) is 81.3 Å². The summed E-state index contributed by atoms with van der Waals surface area (Å²) in [6.07, 6.45) is -1.13. The number of carboxylic acid groups (broad SMARTS) is 1. The van der Waals surface area contributed by atoms with Gasteiger partial charge >= 0.3 is 80.5 Å². The molecule has 20 heteroatoms. The van der Waals surface area contributed by atoms with Gasteiger partial charge in [0.05, 0.1) is 10.8 Å². The number of hydrogen-bond donors (Lipinski definition) is 0. The molecule has 0 aliphatic carbocycles. The standard InChI is InChI=1S/C17H20O6S.C9H10O4S.C8H10O3.C4H6O2.CH4.3Li/c1-10(2)16(18)22-8-12(23-17(19)11(3)4)7-14-15-13(9-24-14)20-5-6-21-15;10-4-6(11)3-8-9-7(5-14-8)12-1-2-13-9;1-5(2)7(9)11-8(10)6(3)4;1-3(2)4(5)6;;;;/h9,12H,1,3,5-8H2,2,4H3;5-6H,1-4H2;1,3H2,2,4H3;1H2,2H3,(H,5,6);1H4;;;/q;-2;;;;3*+1/p-1. The molecule has 0 saturated carbocycles. The molecule has 2 atom stereocenters. The van der Waals surface area contributed by atoms with Crippen LogP contribution in [0.1, 0.15) is 51.8 Å². The van der Waals surface area contributed by atoms with Crippen LogP contribution in [0.3, 0.4) is 0 Å². The summed E-state index contributed by atoms with van der Waals surface area (Å²) >= 11 is 2.87. The monoisotopic (exact) mass is 842 g/mol. The van der Waals surface area contributed by atoms with Gasteiger partial charge < -0.3 is 53.3 Å². The maximum absolute atomic E-state index is 11.8. The first kappa shape index (κ1) is 62.2. The fourth-order valence-corrected chi connectivity index (χ4v) is 5.47. The van der Waals surface area contributed by atoms with E-state index in [4.69, 9.17) is 28.4 Å². The summed E-state index contributed by atoms with van der Waals surface area (Å²) in [7, 11) is 0. The van der Waals surface area contributed by atoms with Gasteiger partial charge in [-0.1, -0.05) is 40.3 Å². The third-order valence-corrected chi connectivity index (χ3v) is 8.30. The van der Waals surface area contributed by atoms with Crippen LogP contribution in [0.2, 0.25) is 0 Å². The van der Waals surface area contributed by atoms with Gasteiger partial charge in [-0.15, -0.1) is 28.8 Å². The van der Waals surface area contributed by atoms with Crippen LogP contribution in [0.25, 0.3) is 0 Å². The molecule has 0 N–H and O–H groups in total. The Labute approximate surface area is 390 Å². The molecule has 0 spiro atoms. The number of fused-ring (bicyclic) bond motifs is 2. The maximum Gasteiger partial charge on any atom is 1.00 e. The number of esters is 4. The molecule has 2 aromatic heterocycles. The van der Waals surface area contributed by atoms with E-state index in [-0.39, 0.29) is 105 Å². The van der Waals surface area contributed by atoms with Crippen molar-refractivity contribution in [2.45, 2.75) is 67.1 Å². The predicted octanol–water partition coefficient (Wildman–Crippen LogP) is -6.01. The van der Waals surface area contributed by atoms with Gasteiger partial charge in [0.15, 0.2) is 23.0 Å². The smallest absolute Gasteiger partial charge is 0.855 e. The molecule has 2 unspecified atom stereocenters. The number of hydrogen-bond acceptors (Lipinski definition) is 17. The second kappa shape index (κ2) is 32.3. The van der Waals surface area contributed by atoms with Gasteiger partial charge in [-0.05, 0) is 46.6 Å². The first-order chi connectivity index (χ1) is 25.8. The van der Waals surface area contributed by atoms with Crippen molar-refractivity contribution in [1.29, 1.82) is 0 Å². The number of carboxylic acids is 1. The Hall–Kier alpha value is -3.44. The van der Waals surface area contributed by atoms with Crippen molar-refractivity contribution in [3.63, 3.8) is 0 Å². The van der Waals surface area contributed by atoms with Crippen LogP contribution < -0.4 is 90.8 Å². The average molecular weight is 843 g/mol. The average Bonchev–Trinajstić information content (AvgIpc) is 3.74. The van der Waals surface area contributed by atoms with Crippen molar-refractivity contribution in [3.8, 4) is 23.0 Å². The molecule has 0 radical (unpaired) electrons. The minimum Gasteiger partial charge on any atom is -0.855 e. The molecule has 59 heavy (non-hydrogen) atoms. The molecule has 4 heterocycles. The summed E-state index contributed by atoms with van der Waals surface area (Å²) in [5.74, 6) is -0.956. The molecule has 0 amide bonds. The van der Waals surface area contributed by atoms with Crippen LogP contribution in [0.5, 0.6) is 23.0 Å². The molecule has 15 nitrogen and oxygen atoms in total. The van der Waals surface area contributed by atoms with E-state index in [1.54, 1.807) is 13.8 Å². The number of carbonyl (C=O) groups excluding carboxylic acids is 5. The molecule has 0 aromatic carbocycles. The number of rotatable bonds is 13. The zero-order valence-electron chi connectivity index (χ0n) is 34.4. The van der Waals surface area contributed by atoms with Crippen LogP contribution in [0.15, 0.2) is 71.5 Å². The number of thiophene rings is 2. The summed E-state index contributed by atoms with van der Waals surface area (Å²) in [4.78, 5) is 55.9. The van der Waals surface area contributed by atoms with Gasteiger partial charge in [0.25, 0.3) is 0 Å². The summed E-state index contributed by atoms with van der Waals surface area (Å²) in [6, 6.07) is 0. The number of carbonyl (C=O) groups is 5. The molecule has 0 bridgehead atoms. The van der Waals surface area contributed by atoms with Gasteiger partial charge in [0, 0.05) is 44.4 Å². The fraction of sp³-hybridized carbons (Fsp3) is 0.410. The van der Waals surface area contributed by atoms with Crippen LogP contribution in [0.4, 0.5) is 0 Å². The summed E-state index contributed by atoms with van der Waals surface area (Å²) < 4.78 is 36.6. The normalized spacial score (nSPS) is 11.9. The van der Waals surface area contributed by atoms with Gasteiger partial charge in [0.2, 0.25) is 0 Å². The Bertz CT molecular complexity index is 1710. The molecular formula is C39H49Li3O15S2. The van der Waals surface area contributed by atoms with Crippen molar-refractivity contribution < 1.29 is 129 Å². The Balaban J connectivity index is -0.000000371. The van der Waals surface area contributed by atoms with Gasteiger partial charge in [-0.25, -0.2) is 19.2 Å². The molecule has 2 aliphatic heterocycles. The number of aliphatic carboxylic acids is 1. The Morgan fingerprint density at radius 2 is 1.03 bits per heavy atom. The minimum absolute atomic E-state index is 0. The second-order valence-corrected chi connectivity index (χ2v) is 13.7. The van der Waals surface area contributed by atoms with Crippen LogP contribution in [-0.4, -0.2) is 81.7 Å². The van der Waals surface area contributed by atoms with Gasteiger partial charge in [-0.3, -0.25) is 0 Å². The summed E-state index contributed by atoms with van der Waals surface area (Å²) in [5.41, 5.74) is 1.01. The van der Waals surface area contributed by atoms with Crippen molar-refractivity contribution in [1.82, 2.24) is 0 Å². The van der Waals surface area contributed by atoms with Gasteiger partial charge in [0.1, 0.15) is 39.1 Å². The molecule has 0 fully saturated rings. The van der Waals surface area contributed by atoms with Crippen molar-refractivity contribution >= 4 is 52.5 Å². The van der Waals surface area contributed by atoms with Crippen molar-refractivity contribution in [2.24, 2.45) is 0 Å². The van der Waals surface area contributed by atoms with E-state index in [9.17, 15) is 39.3 Å². The molecule has 310 valence electrons. The molecule has 2 aromatic rings. The van der Waals surface area contributed by atoms with E-state index in [2.05, 4.69) is 37.6 Å². The SMILES string of the molecule is C.C=C(C)C(=O)OC(=O)C(=C)C.C=C(C)C(=O)OCC(Cc1scc2c1OCCO2)OC(=O)C(=C)C.C=C(C)C(=O)[O-].[Li+].[Li+].[Li+].[O-]CC([O-])Cc1scc2c1OCCO2. The second-order valence-electron chi connectivity index (χ2n) is 11.8. The summed E-state index contributed by atoms with van der Waals surface area (Å²) in [6.45, 7) is 25.6. The van der Waals surface area contributed by atoms with Gasteiger partial charge in [-0.2, -0.15) is 6.61 Å². The van der Waals surface area contributed by atoms with E-state index in [1.165, 1.54) is 43.4 Å². The van der Waals surface area contributed by atoms with E-state index in [0.717, 1.165) is 9.75 Å². The number of ether oxygens (including phenoxy) is 7. The Morgan fingerprint density at radius 1 is 0.661 bits per heavy atom. The zero-order valence-corrected chi connectivity index (χ0v) is 36.1. The largest absolute Gasteiger partial charge is 1.00 e. The zero-order chi connectivity index (χ0) is 41.8. The third kappa shape index (κ3) is 23.8.